The molecule has 1 aromatic carbocycles. The number of nitrogens with one attached hydrogen (secondary N) is 2. The third kappa shape index (κ3) is 3.15. The van der Waals surface area contributed by atoms with Crippen molar-refractivity contribution in [2.75, 3.05) is 18.1 Å². The van der Waals surface area contributed by atoms with Gasteiger partial charge < -0.3 is 10.6 Å². The lowest BCUT2D eigenvalue weighted by molar-refractivity contribution is 0.262. The molecule has 1 heterocycles. The Morgan fingerprint density at radius 1 is 1.10 bits per heavy atom. The molecule has 3 atom stereocenters. The maximum absolute atomic E-state index is 3.87. The molecule has 0 bridgehead atoms. The molecule has 0 amide bonds. The van der Waals surface area contributed by atoms with E-state index in [4.69, 9.17) is 0 Å². The normalized spacial score (nSPS) is 30.4. The number of anilines is 1. The fraction of sp³-hybridized carbons (Fsp3) is 0.647. The highest BCUT2D eigenvalue weighted by atomic mass is 32.2. The zero-order valence-corrected chi connectivity index (χ0v) is 13.2. The molecule has 2 aliphatic rings. The molecule has 0 spiro atoms. The second-order valence-electron chi connectivity index (χ2n) is 6.10. The van der Waals surface area contributed by atoms with Crippen LogP contribution < -0.4 is 10.6 Å². The quantitative estimate of drug-likeness (QED) is 0.815. The molecule has 0 radical (unpaired) electrons. The summed E-state index contributed by atoms with van der Waals surface area (Å²) in [6.45, 7) is 1.22. The molecule has 110 valence electrons. The van der Waals surface area contributed by atoms with Crippen molar-refractivity contribution >= 4 is 17.4 Å². The Morgan fingerprint density at radius 2 is 1.95 bits per heavy atom. The topological polar surface area (TPSA) is 24.1 Å². The van der Waals surface area contributed by atoms with Crippen molar-refractivity contribution in [3.8, 4) is 0 Å². The second kappa shape index (κ2) is 6.86. The van der Waals surface area contributed by atoms with Crippen LogP contribution in [0.1, 0.15) is 38.5 Å². The van der Waals surface area contributed by atoms with Crippen molar-refractivity contribution in [1.29, 1.82) is 0 Å². The van der Waals surface area contributed by atoms with Gasteiger partial charge in [-0.05, 0) is 56.5 Å². The highest BCUT2D eigenvalue weighted by Crippen LogP contribution is 2.34. The monoisotopic (exact) mass is 290 g/mol. The van der Waals surface area contributed by atoms with E-state index in [0.717, 1.165) is 12.0 Å². The molecule has 1 aliphatic carbocycles. The van der Waals surface area contributed by atoms with Crippen molar-refractivity contribution in [2.24, 2.45) is 5.92 Å². The van der Waals surface area contributed by atoms with Crippen LogP contribution in [0.25, 0.3) is 0 Å². The third-order valence-corrected chi connectivity index (χ3v) is 5.68. The summed E-state index contributed by atoms with van der Waals surface area (Å²) in [5, 5.41) is 7.59. The Balaban J connectivity index is 1.73. The molecule has 1 saturated heterocycles. The summed E-state index contributed by atoms with van der Waals surface area (Å²) < 4.78 is 0. The molecule has 1 saturated carbocycles. The summed E-state index contributed by atoms with van der Waals surface area (Å²) in [5.74, 6) is 0.807. The highest BCUT2D eigenvalue weighted by Gasteiger charge is 2.33. The standard InChI is InChI=1S/C17H26N2S/c1-20-17-11-5-4-9-16(17)19-15-8-3-2-7-13(15)14-10-6-12-18-14/h4-5,9,11,13-15,18-19H,2-3,6-8,10,12H2,1H3. The molecule has 3 heteroatoms. The first-order valence-electron chi connectivity index (χ1n) is 8.01. The van der Waals surface area contributed by atoms with E-state index in [1.165, 1.54) is 55.7 Å². The van der Waals surface area contributed by atoms with Crippen LogP contribution in [0.3, 0.4) is 0 Å². The SMILES string of the molecule is CSc1ccccc1NC1CCCCC1C1CCCN1. The molecule has 20 heavy (non-hydrogen) atoms. The Bertz CT molecular complexity index is 429. The van der Waals surface area contributed by atoms with Crippen LogP contribution in [0.5, 0.6) is 0 Å². The summed E-state index contributed by atoms with van der Waals surface area (Å²) >= 11 is 1.84. The highest BCUT2D eigenvalue weighted by molar-refractivity contribution is 7.98. The van der Waals surface area contributed by atoms with E-state index in [9.17, 15) is 0 Å². The number of hydrogen-bond donors (Lipinski definition) is 2. The maximum Gasteiger partial charge on any atom is 0.0480 e. The molecule has 1 aromatic rings. The average Bonchev–Trinajstić information content (AvgIpc) is 3.02. The number of thioether (sulfide) groups is 1. The van der Waals surface area contributed by atoms with Crippen molar-refractivity contribution in [2.45, 2.75) is 55.5 Å². The molecule has 1 aliphatic heterocycles. The van der Waals surface area contributed by atoms with Crippen LogP contribution in [-0.4, -0.2) is 24.9 Å². The lowest BCUT2D eigenvalue weighted by Gasteiger charge is -2.37. The van der Waals surface area contributed by atoms with Gasteiger partial charge in [0.15, 0.2) is 0 Å². The minimum Gasteiger partial charge on any atom is -0.381 e. The van der Waals surface area contributed by atoms with Gasteiger partial charge in [0.25, 0.3) is 0 Å². The second-order valence-corrected chi connectivity index (χ2v) is 6.95. The Hall–Kier alpha value is -0.670. The van der Waals surface area contributed by atoms with Gasteiger partial charge in [-0.25, -0.2) is 0 Å². The van der Waals surface area contributed by atoms with E-state index >= 15 is 0 Å². The van der Waals surface area contributed by atoms with Gasteiger partial charge in [0, 0.05) is 22.7 Å². The number of hydrogen-bond acceptors (Lipinski definition) is 3. The molecular formula is C17H26N2S. The molecule has 2 N–H and O–H groups in total. The average molecular weight is 290 g/mol. The van der Waals surface area contributed by atoms with Crippen molar-refractivity contribution in [3.63, 3.8) is 0 Å². The summed E-state index contributed by atoms with van der Waals surface area (Å²) in [7, 11) is 0. The molecule has 3 rings (SSSR count). The van der Waals surface area contributed by atoms with Gasteiger partial charge in [-0.1, -0.05) is 25.0 Å². The minimum atomic E-state index is 0.646. The lowest BCUT2D eigenvalue weighted by atomic mass is 9.79. The van der Waals surface area contributed by atoms with Gasteiger partial charge in [-0.2, -0.15) is 0 Å². The predicted octanol–water partition coefficient (Wildman–Crippen LogP) is 4.13. The van der Waals surface area contributed by atoms with Crippen LogP contribution in [0.2, 0.25) is 0 Å². The maximum atomic E-state index is 3.87. The summed E-state index contributed by atoms with van der Waals surface area (Å²) in [5.41, 5.74) is 1.33. The van der Waals surface area contributed by atoms with E-state index in [2.05, 4.69) is 41.2 Å². The van der Waals surface area contributed by atoms with Crippen LogP contribution in [-0.2, 0) is 0 Å². The lowest BCUT2D eigenvalue weighted by Crippen LogP contribution is -2.43. The summed E-state index contributed by atoms with van der Waals surface area (Å²) in [6, 6.07) is 10.1. The van der Waals surface area contributed by atoms with Crippen molar-refractivity contribution in [3.05, 3.63) is 24.3 Å². The fourth-order valence-electron chi connectivity index (χ4n) is 3.86. The minimum absolute atomic E-state index is 0.646. The largest absolute Gasteiger partial charge is 0.381 e. The number of rotatable bonds is 4. The third-order valence-electron chi connectivity index (χ3n) is 4.88. The van der Waals surface area contributed by atoms with E-state index < -0.39 is 0 Å². The first-order chi connectivity index (χ1) is 9.88. The zero-order valence-electron chi connectivity index (χ0n) is 12.4. The first-order valence-corrected chi connectivity index (χ1v) is 9.24. The molecule has 2 nitrogen and oxygen atoms in total. The fourth-order valence-corrected chi connectivity index (χ4v) is 4.42. The number of benzene rings is 1. The van der Waals surface area contributed by atoms with Crippen LogP contribution >= 0.6 is 11.8 Å². The predicted molar refractivity (Wildman–Crippen MR) is 88.6 cm³/mol. The summed E-state index contributed by atoms with van der Waals surface area (Å²) in [6.07, 6.45) is 10.4. The Morgan fingerprint density at radius 3 is 2.75 bits per heavy atom. The Kier molecular flexibility index (Phi) is 4.90. The van der Waals surface area contributed by atoms with E-state index in [1.54, 1.807) is 0 Å². The number of para-hydroxylation sites is 1. The Labute approximate surface area is 127 Å². The molecular weight excluding hydrogens is 264 g/mol. The smallest absolute Gasteiger partial charge is 0.0480 e. The van der Waals surface area contributed by atoms with Gasteiger partial charge in [0.1, 0.15) is 0 Å². The summed E-state index contributed by atoms with van der Waals surface area (Å²) in [4.78, 5) is 1.37. The first kappa shape index (κ1) is 14.3. The van der Waals surface area contributed by atoms with Gasteiger partial charge >= 0.3 is 0 Å². The van der Waals surface area contributed by atoms with E-state index in [0.29, 0.717) is 6.04 Å². The van der Waals surface area contributed by atoms with Gasteiger partial charge in [-0.15, -0.1) is 11.8 Å². The van der Waals surface area contributed by atoms with E-state index in [1.807, 2.05) is 11.8 Å². The van der Waals surface area contributed by atoms with Crippen LogP contribution in [0, 0.1) is 5.92 Å². The molecule has 2 fully saturated rings. The van der Waals surface area contributed by atoms with Gasteiger partial charge in [0.2, 0.25) is 0 Å². The van der Waals surface area contributed by atoms with E-state index in [-0.39, 0.29) is 0 Å². The van der Waals surface area contributed by atoms with Crippen molar-refractivity contribution in [1.82, 2.24) is 5.32 Å². The zero-order chi connectivity index (χ0) is 13.8. The van der Waals surface area contributed by atoms with Gasteiger partial charge in [0.05, 0.1) is 0 Å². The van der Waals surface area contributed by atoms with Crippen LogP contribution in [0.4, 0.5) is 5.69 Å². The van der Waals surface area contributed by atoms with Crippen LogP contribution in [0.15, 0.2) is 29.2 Å². The van der Waals surface area contributed by atoms with Gasteiger partial charge in [-0.3, -0.25) is 0 Å². The molecule has 0 aromatic heterocycles. The van der Waals surface area contributed by atoms with Crippen molar-refractivity contribution < 1.29 is 0 Å². The molecule has 3 unspecified atom stereocenters.